The van der Waals surface area contributed by atoms with E-state index in [1.165, 1.54) is 6.20 Å². The van der Waals surface area contributed by atoms with Crippen LogP contribution in [0.1, 0.15) is 5.56 Å². The average molecular weight is 218 g/mol. The van der Waals surface area contributed by atoms with E-state index in [1.807, 2.05) is 0 Å². The number of aromatic nitrogens is 1. The highest BCUT2D eigenvalue weighted by Gasteiger charge is 2.08. The maximum absolute atomic E-state index is 13.6. The molecule has 0 unspecified atom stereocenters. The molecule has 82 valence electrons. The molecule has 1 aromatic heterocycles. The van der Waals surface area contributed by atoms with Crippen LogP contribution in [-0.2, 0) is 0 Å². The number of benzene rings is 1. The Bertz CT molecular complexity index is 514. The van der Waals surface area contributed by atoms with Crippen LogP contribution in [0.5, 0.6) is 11.5 Å². The van der Waals surface area contributed by atoms with Crippen LogP contribution in [0.3, 0.4) is 0 Å². The van der Waals surface area contributed by atoms with Gasteiger partial charge in [0.1, 0.15) is 0 Å². The predicted octanol–water partition coefficient (Wildman–Crippen LogP) is 2.90. The van der Waals surface area contributed by atoms with Crippen LogP contribution in [0.25, 0.3) is 0 Å². The van der Waals surface area contributed by atoms with Crippen molar-refractivity contribution in [3.8, 4) is 11.5 Å². The van der Waals surface area contributed by atoms with E-state index >= 15 is 0 Å². The van der Waals surface area contributed by atoms with Gasteiger partial charge in [0.15, 0.2) is 17.3 Å². The second kappa shape index (κ2) is 4.18. The van der Waals surface area contributed by atoms with Gasteiger partial charge in [0.05, 0.1) is 11.9 Å². The van der Waals surface area contributed by atoms with Gasteiger partial charge in [-0.15, -0.1) is 0 Å². The van der Waals surface area contributed by atoms with E-state index in [0.717, 1.165) is 0 Å². The van der Waals surface area contributed by atoms with Crippen molar-refractivity contribution < 1.29 is 9.13 Å². The number of nitrogens with zero attached hydrogens (tertiary/aromatic N) is 1. The van der Waals surface area contributed by atoms with Crippen LogP contribution in [0, 0.1) is 12.7 Å². The first-order chi connectivity index (χ1) is 7.68. The molecular formula is C12H11FN2O. The molecule has 0 aliphatic heterocycles. The van der Waals surface area contributed by atoms with Crippen LogP contribution in [0.2, 0.25) is 0 Å². The maximum Gasteiger partial charge on any atom is 0.168 e. The zero-order valence-electron chi connectivity index (χ0n) is 8.77. The summed E-state index contributed by atoms with van der Waals surface area (Å²) >= 11 is 0. The first kappa shape index (κ1) is 10.4. The van der Waals surface area contributed by atoms with Crippen molar-refractivity contribution in [3.05, 3.63) is 48.0 Å². The van der Waals surface area contributed by atoms with Gasteiger partial charge in [0.2, 0.25) is 0 Å². The standard InChI is InChI=1S/C12H11FN2O/c1-8-3-2-4-11(12(8)13)16-10-5-6-15-7-9(10)14/h2-7H,14H2,1H3. The van der Waals surface area contributed by atoms with Crippen molar-refractivity contribution in [3.63, 3.8) is 0 Å². The first-order valence-electron chi connectivity index (χ1n) is 4.81. The van der Waals surface area contributed by atoms with Crippen LogP contribution in [0.15, 0.2) is 36.7 Å². The van der Waals surface area contributed by atoms with Gasteiger partial charge in [0, 0.05) is 12.3 Å². The molecule has 0 amide bonds. The van der Waals surface area contributed by atoms with Crippen molar-refractivity contribution >= 4 is 5.69 Å². The molecule has 4 heteroatoms. The molecular weight excluding hydrogens is 207 g/mol. The molecule has 1 heterocycles. The number of pyridine rings is 1. The van der Waals surface area contributed by atoms with Gasteiger partial charge >= 0.3 is 0 Å². The molecule has 0 atom stereocenters. The van der Waals surface area contributed by atoms with Crippen LogP contribution >= 0.6 is 0 Å². The minimum absolute atomic E-state index is 0.165. The van der Waals surface area contributed by atoms with Crippen molar-refractivity contribution in [1.82, 2.24) is 4.98 Å². The Balaban J connectivity index is 2.35. The van der Waals surface area contributed by atoms with Crippen molar-refractivity contribution in [1.29, 1.82) is 0 Å². The molecule has 3 nitrogen and oxygen atoms in total. The molecule has 0 radical (unpaired) electrons. The third-order valence-corrected chi connectivity index (χ3v) is 2.19. The highest BCUT2D eigenvalue weighted by Crippen LogP contribution is 2.29. The summed E-state index contributed by atoms with van der Waals surface area (Å²) in [4.78, 5) is 3.83. The summed E-state index contributed by atoms with van der Waals surface area (Å²) in [6.07, 6.45) is 3.00. The van der Waals surface area contributed by atoms with E-state index in [0.29, 0.717) is 17.0 Å². The van der Waals surface area contributed by atoms with Gasteiger partial charge in [-0.25, -0.2) is 4.39 Å². The number of hydrogen-bond donors (Lipinski definition) is 1. The number of ether oxygens (including phenoxy) is 1. The third-order valence-electron chi connectivity index (χ3n) is 2.19. The monoisotopic (exact) mass is 218 g/mol. The van der Waals surface area contributed by atoms with E-state index in [1.54, 1.807) is 37.4 Å². The number of halogens is 1. The lowest BCUT2D eigenvalue weighted by atomic mass is 10.2. The summed E-state index contributed by atoms with van der Waals surface area (Å²) in [6, 6.07) is 6.56. The van der Waals surface area contributed by atoms with Gasteiger partial charge < -0.3 is 10.5 Å². The fourth-order valence-corrected chi connectivity index (χ4v) is 1.30. The molecule has 1 aromatic carbocycles. The number of rotatable bonds is 2. The minimum Gasteiger partial charge on any atom is -0.452 e. The summed E-state index contributed by atoms with van der Waals surface area (Å²) in [5.41, 5.74) is 6.56. The zero-order valence-corrected chi connectivity index (χ0v) is 8.77. The quantitative estimate of drug-likeness (QED) is 0.843. The van der Waals surface area contributed by atoms with E-state index in [-0.39, 0.29) is 11.6 Å². The number of aryl methyl sites for hydroxylation is 1. The molecule has 16 heavy (non-hydrogen) atoms. The number of anilines is 1. The molecule has 0 saturated carbocycles. The first-order valence-corrected chi connectivity index (χ1v) is 4.81. The summed E-state index contributed by atoms with van der Waals surface area (Å²) in [5, 5.41) is 0. The van der Waals surface area contributed by atoms with Crippen LogP contribution in [0.4, 0.5) is 10.1 Å². The normalized spacial score (nSPS) is 10.1. The largest absolute Gasteiger partial charge is 0.452 e. The van der Waals surface area contributed by atoms with Crippen molar-refractivity contribution in [2.45, 2.75) is 6.92 Å². The Morgan fingerprint density at radius 3 is 2.81 bits per heavy atom. The Morgan fingerprint density at radius 1 is 1.25 bits per heavy atom. The topological polar surface area (TPSA) is 48.1 Å². The summed E-state index contributed by atoms with van der Waals surface area (Å²) in [5.74, 6) is 0.191. The van der Waals surface area contributed by atoms with Crippen molar-refractivity contribution in [2.75, 3.05) is 5.73 Å². The summed E-state index contributed by atoms with van der Waals surface area (Å²) in [6.45, 7) is 1.68. The van der Waals surface area contributed by atoms with Crippen LogP contribution < -0.4 is 10.5 Å². The fourth-order valence-electron chi connectivity index (χ4n) is 1.30. The lowest BCUT2D eigenvalue weighted by Crippen LogP contribution is -1.95. The van der Waals surface area contributed by atoms with Gasteiger partial charge in [-0.3, -0.25) is 4.98 Å². The Kier molecular flexibility index (Phi) is 2.72. The second-order valence-corrected chi connectivity index (χ2v) is 3.40. The van der Waals surface area contributed by atoms with Crippen LogP contribution in [-0.4, -0.2) is 4.98 Å². The van der Waals surface area contributed by atoms with E-state index in [2.05, 4.69) is 4.98 Å². The Hall–Kier alpha value is -2.10. The van der Waals surface area contributed by atoms with Crippen molar-refractivity contribution in [2.24, 2.45) is 0 Å². The zero-order chi connectivity index (χ0) is 11.5. The lowest BCUT2D eigenvalue weighted by molar-refractivity contribution is 0.441. The summed E-state index contributed by atoms with van der Waals surface area (Å²) in [7, 11) is 0. The Morgan fingerprint density at radius 2 is 2.06 bits per heavy atom. The lowest BCUT2D eigenvalue weighted by Gasteiger charge is -2.09. The molecule has 0 bridgehead atoms. The molecule has 2 rings (SSSR count). The average Bonchev–Trinajstić information content (AvgIpc) is 2.28. The van der Waals surface area contributed by atoms with Gasteiger partial charge in [-0.1, -0.05) is 12.1 Å². The molecule has 2 N–H and O–H groups in total. The molecule has 2 aromatic rings. The smallest absolute Gasteiger partial charge is 0.168 e. The second-order valence-electron chi connectivity index (χ2n) is 3.40. The summed E-state index contributed by atoms with van der Waals surface area (Å²) < 4.78 is 19.0. The van der Waals surface area contributed by atoms with Gasteiger partial charge in [-0.2, -0.15) is 0 Å². The fraction of sp³-hybridized carbons (Fsp3) is 0.0833. The molecule has 0 spiro atoms. The van der Waals surface area contributed by atoms with E-state index < -0.39 is 0 Å². The highest BCUT2D eigenvalue weighted by atomic mass is 19.1. The molecule has 0 saturated heterocycles. The molecule has 0 aliphatic rings. The SMILES string of the molecule is Cc1cccc(Oc2ccncc2N)c1F. The van der Waals surface area contributed by atoms with Gasteiger partial charge in [0.25, 0.3) is 0 Å². The van der Waals surface area contributed by atoms with E-state index in [9.17, 15) is 4.39 Å². The number of hydrogen-bond acceptors (Lipinski definition) is 3. The number of nitrogens with two attached hydrogens (primary N) is 1. The molecule has 0 fully saturated rings. The maximum atomic E-state index is 13.6. The van der Waals surface area contributed by atoms with E-state index in [4.69, 9.17) is 10.5 Å². The Labute approximate surface area is 92.7 Å². The minimum atomic E-state index is -0.376. The highest BCUT2D eigenvalue weighted by molar-refractivity contribution is 5.51. The molecule has 0 aliphatic carbocycles. The predicted molar refractivity (Wildman–Crippen MR) is 59.9 cm³/mol. The van der Waals surface area contributed by atoms with Gasteiger partial charge in [-0.05, 0) is 18.6 Å². The number of nitrogen functional groups attached to an aromatic ring is 1. The third kappa shape index (κ3) is 1.95.